The third-order valence-electron chi connectivity index (χ3n) is 3.57. The normalized spacial score (nSPS) is 13.1. The molecule has 0 saturated heterocycles. The standard InChI is InChI=1S/C20H24NO5P/c1-16(21-27(23)26-18-12-8-5-9-13-18)19(22)24-15-20(2,3)25-14-17-10-6-4-7-11-17/h4-13,16H,14-15H2,1-3H3/t16-/m0/s1. The van der Waals surface area contributed by atoms with Gasteiger partial charge in [0, 0.05) is 0 Å². The van der Waals surface area contributed by atoms with Crippen LogP contribution in [0.15, 0.2) is 65.4 Å². The molecule has 2 aromatic rings. The zero-order valence-electron chi connectivity index (χ0n) is 15.7. The lowest BCUT2D eigenvalue weighted by molar-refractivity contribution is -0.170. The fourth-order valence-electron chi connectivity index (χ4n) is 2.04. The number of carbonyl (C=O) groups is 1. The minimum Gasteiger partial charge on any atom is -0.575 e. The van der Waals surface area contributed by atoms with Crippen LogP contribution in [0.1, 0.15) is 26.3 Å². The van der Waals surface area contributed by atoms with E-state index in [4.69, 9.17) is 14.0 Å². The van der Waals surface area contributed by atoms with Gasteiger partial charge in [0.1, 0.15) is 6.61 Å². The summed E-state index contributed by atoms with van der Waals surface area (Å²) in [6.45, 7) is 5.67. The molecular formula is C20H24NO5P. The number of rotatable bonds is 9. The Morgan fingerprint density at radius 1 is 1.11 bits per heavy atom. The Balaban J connectivity index is 1.80. The van der Waals surface area contributed by atoms with Crippen molar-refractivity contribution in [2.24, 2.45) is 4.74 Å². The lowest BCUT2D eigenvalue weighted by atomic mass is 10.1. The Hall–Kier alpha value is -2.27. The smallest absolute Gasteiger partial charge is 0.395 e. The second kappa shape index (κ2) is 10.2. The molecule has 7 heteroatoms. The summed E-state index contributed by atoms with van der Waals surface area (Å²) >= 11 is 0. The van der Waals surface area contributed by atoms with Gasteiger partial charge < -0.3 is 14.4 Å². The van der Waals surface area contributed by atoms with E-state index in [0.29, 0.717) is 12.4 Å². The van der Waals surface area contributed by atoms with E-state index in [1.807, 2.05) is 50.2 Å². The van der Waals surface area contributed by atoms with Crippen molar-refractivity contribution in [3.63, 3.8) is 0 Å². The monoisotopic (exact) mass is 389 g/mol. The van der Waals surface area contributed by atoms with Crippen LogP contribution in [0.2, 0.25) is 0 Å². The third-order valence-corrected chi connectivity index (χ3v) is 4.47. The Morgan fingerprint density at radius 2 is 1.70 bits per heavy atom. The van der Waals surface area contributed by atoms with Crippen molar-refractivity contribution in [2.45, 2.75) is 39.0 Å². The van der Waals surface area contributed by atoms with E-state index in [1.165, 1.54) is 6.92 Å². The topological polar surface area (TPSA) is 80.2 Å². The van der Waals surface area contributed by atoms with Gasteiger partial charge in [0.15, 0.2) is 11.8 Å². The van der Waals surface area contributed by atoms with Gasteiger partial charge in [0.2, 0.25) is 0 Å². The van der Waals surface area contributed by atoms with Gasteiger partial charge in [-0.25, -0.2) is 4.79 Å². The van der Waals surface area contributed by atoms with Gasteiger partial charge in [0.25, 0.3) is 0 Å². The first-order chi connectivity index (χ1) is 12.9. The summed E-state index contributed by atoms with van der Waals surface area (Å²) in [7, 11) is -2.36. The van der Waals surface area contributed by atoms with Gasteiger partial charge >= 0.3 is 14.1 Å². The molecule has 2 rings (SSSR count). The van der Waals surface area contributed by atoms with Gasteiger partial charge in [-0.2, -0.15) is 0 Å². The minimum atomic E-state index is -2.36. The highest BCUT2D eigenvalue weighted by molar-refractivity contribution is 7.34. The van der Waals surface area contributed by atoms with Crippen molar-refractivity contribution in [1.82, 2.24) is 0 Å². The van der Waals surface area contributed by atoms with Gasteiger partial charge in [-0.3, -0.25) is 4.52 Å². The summed E-state index contributed by atoms with van der Waals surface area (Å²) in [5, 5.41) is 0. The molecule has 0 aliphatic heterocycles. The van der Waals surface area contributed by atoms with Gasteiger partial charge in [-0.1, -0.05) is 53.3 Å². The number of esters is 1. The zero-order chi connectivity index (χ0) is 19.7. The summed E-state index contributed by atoms with van der Waals surface area (Å²) in [5.74, 6) is -0.148. The average molecular weight is 389 g/mol. The van der Waals surface area contributed by atoms with Crippen LogP contribution in [0, 0.1) is 0 Å². The van der Waals surface area contributed by atoms with Crippen LogP contribution in [-0.4, -0.2) is 24.2 Å². The van der Waals surface area contributed by atoms with E-state index in [1.54, 1.807) is 24.3 Å². The van der Waals surface area contributed by atoms with Crippen LogP contribution in [0.5, 0.6) is 5.75 Å². The number of benzene rings is 2. The largest absolute Gasteiger partial charge is 0.575 e. The maximum Gasteiger partial charge on any atom is 0.395 e. The first-order valence-corrected chi connectivity index (χ1v) is 9.74. The number of para-hydroxylation sites is 1. The van der Waals surface area contributed by atoms with Crippen LogP contribution in [-0.2, 0) is 20.9 Å². The second-order valence-corrected chi connectivity index (χ2v) is 7.46. The van der Waals surface area contributed by atoms with Crippen molar-refractivity contribution in [3.8, 4) is 5.75 Å². The molecule has 2 aromatic carbocycles. The van der Waals surface area contributed by atoms with Crippen LogP contribution in [0.3, 0.4) is 0 Å². The molecular weight excluding hydrogens is 365 g/mol. The van der Waals surface area contributed by atoms with Gasteiger partial charge in [-0.05, 0) is 38.5 Å². The Labute approximate surface area is 160 Å². The first-order valence-electron chi connectivity index (χ1n) is 8.61. The lowest BCUT2D eigenvalue weighted by Gasteiger charge is -2.25. The molecule has 0 fully saturated rings. The summed E-state index contributed by atoms with van der Waals surface area (Å²) in [5.41, 5.74) is 0.379. The maximum atomic E-state index is 12.1. The van der Waals surface area contributed by atoms with E-state index in [0.717, 1.165) is 5.56 Å². The number of hydrogen-bond acceptors (Lipinski definition) is 6. The van der Waals surface area contributed by atoms with Gasteiger partial charge in [0.05, 0.1) is 12.2 Å². The molecule has 0 saturated carbocycles. The predicted molar refractivity (Wildman–Crippen MR) is 102 cm³/mol. The number of hydrogen-bond donors (Lipinski definition) is 0. The molecule has 0 radical (unpaired) electrons. The number of carbonyl (C=O) groups excluding carboxylic acids is 1. The Kier molecular flexibility index (Phi) is 7.92. The predicted octanol–water partition coefficient (Wildman–Crippen LogP) is 3.85. The van der Waals surface area contributed by atoms with E-state index >= 15 is 0 Å². The second-order valence-electron chi connectivity index (χ2n) is 6.58. The van der Waals surface area contributed by atoms with Crippen molar-refractivity contribution >= 4 is 14.1 Å². The van der Waals surface area contributed by atoms with E-state index in [9.17, 15) is 9.69 Å². The highest BCUT2D eigenvalue weighted by atomic mass is 31.1. The molecule has 144 valence electrons. The molecule has 0 spiro atoms. The molecule has 27 heavy (non-hydrogen) atoms. The molecule has 1 unspecified atom stereocenters. The SMILES string of the molecule is C[C@H](N=[P+]([O-])Oc1ccccc1)C(=O)OCC(C)(C)OCc1ccccc1. The van der Waals surface area contributed by atoms with Crippen LogP contribution >= 0.6 is 8.17 Å². The highest BCUT2D eigenvalue weighted by Crippen LogP contribution is 2.24. The molecule has 0 aromatic heterocycles. The Bertz CT molecular complexity index is 749. The fourth-order valence-corrected chi connectivity index (χ4v) is 2.77. The molecule has 0 aliphatic rings. The van der Waals surface area contributed by atoms with E-state index < -0.39 is 25.8 Å². The molecule has 0 bridgehead atoms. The molecule has 0 aliphatic carbocycles. The Morgan fingerprint density at radius 3 is 2.33 bits per heavy atom. The molecule has 6 nitrogen and oxygen atoms in total. The summed E-state index contributed by atoms with van der Waals surface area (Å²) in [6, 6.07) is 17.5. The van der Waals surface area contributed by atoms with Crippen molar-refractivity contribution in [3.05, 3.63) is 66.2 Å². The highest BCUT2D eigenvalue weighted by Gasteiger charge is 2.25. The molecule has 2 atom stereocenters. The van der Waals surface area contributed by atoms with Crippen molar-refractivity contribution < 1.29 is 23.7 Å². The summed E-state index contributed by atoms with van der Waals surface area (Å²) in [4.78, 5) is 24.0. The summed E-state index contributed by atoms with van der Waals surface area (Å²) in [6.07, 6.45) is 0. The van der Waals surface area contributed by atoms with E-state index in [-0.39, 0.29) is 6.61 Å². The minimum absolute atomic E-state index is 0.0643. The molecule has 0 amide bonds. The van der Waals surface area contributed by atoms with Crippen molar-refractivity contribution in [2.75, 3.05) is 6.61 Å². The number of ether oxygens (including phenoxy) is 2. The maximum absolute atomic E-state index is 12.1. The summed E-state index contributed by atoms with van der Waals surface area (Å²) < 4.78 is 20.1. The average Bonchev–Trinajstić information content (AvgIpc) is 2.66. The fraction of sp³-hybridized carbons (Fsp3) is 0.350. The van der Waals surface area contributed by atoms with Gasteiger partial charge in [-0.15, -0.1) is 0 Å². The van der Waals surface area contributed by atoms with Crippen LogP contribution in [0.25, 0.3) is 0 Å². The lowest BCUT2D eigenvalue weighted by Crippen LogP contribution is -2.33. The molecule has 0 heterocycles. The van der Waals surface area contributed by atoms with Crippen LogP contribution in [0.4, 0.5) is 0 Å². The molecule has 0 N–H and O–H groups in total. The van der Waals surface area contributed by atoms with E-state index in [2.05, 4.69) is 4.74 Å². The van der Waals surface area contributed by atoms with Crippen LogP contribution < -0.4 is 9.42 Å². The quantitative estimate of drug-likeness (QED) is 0.481. The third kappa shape index (κ3) is 7.87. The zero-order valence-corrected chi connectivity index (χ0v) is 16.6. The van der Waals surface area contributed by atoms with Crippen molar-refractivity contribution in [1.29, 1.82) is 0 Å². The first kappa shape index (κ1) is 21.0. The number of nitrogens with zero attached hydrogens (tertiary/aromatic N) is 1.